The Hall–Kier alpha value is -2.40. The quantitative estimate of drug-likeness (QED) is 0.776. The maximum absolute atomic E-state index is 9.57. The van der Waals surface area contributed by atoms with E-state index in [4.69, 9.17) is 0 Å². The minimum absolute atomic E-state index is 0.0494. The van der Waals surface area contributed by atoms with Gasteiger partial charge in [-0.1, -0.05) is 18.2 Å². The average Bonchev–Trinajstić information content (AvgIpc) is 3.06. The Labute approximate surface area is 110 Å². The van der Waals surface area contributed by atoms with E-state index < -0.39 is 0 Å². The summed E-state index contributed by atoms with van der Waals surface area (Å²) in [7, 11) is 0. The van der Waals surface area contributed by atoms with Gasteiger partial charge in [0.05, 0.1) is 18.0 Å². The molecule has 2 heterocycles. The van der Waals surface area contributed by atoms with Crippen LogP contribution in [-0.4, -0.2) is 24.4 Å². The van der Waals surface area contributed by atoms with E-state index in [9.17, 15) is 5.11 Å². The minimum Gasteiger partial charge on any atom is -0.391 e. The van der Waals surface area contributed by atoms with Crippen molar-refractivity contribution in [1.29, 1.82) is 0 Å². The van der Waals surface area contributed by atoms with Gasteiger partial charge in [0.25, 0.3) is 0 Å². The second kappa shape index (κ2) is 4.70. The number of rotatable bonds is 3. The van der Waals surface area contributed by atoms with Gasteiger partial charge in [-0.05, 0) is 19.1 Å². The zero-order valence-electron chi connectivity index (χ0n) is 10.6. The van der Waals surface area contributed by atoms with Crippen LogP contribution in [0.4, 0.5) is 0 Å². The van der Waals surface area contributed by atoms with Crippen molar-refractivity contribution in [2.75, 3.05) is 0 Å². The third kappa shape index (κ3) is 1.94. The number of aryl methyl sites for hydroxylation is 1. The standard InChI is InChI=1S/C14H14N4O/c1-11-13(9-19)14(17-8-7-15-10-17)18(16-11)12-5-3-2-4-6-12/h2-8,10,19H,9H2,1H3. The Kier molecular flexibility index (Phi) is 2.89. The summed E-state index contributed by atoms with van der Waals surface area (Å²) in [6.07, 6.45) is 5.25. The van der Waals surface area contributed by atoms with Crippen molar-refractivity contribution in [1.82, 2.24) is 19.3 Å². The van der Waals surface area contributed by atoms with E-state index in [1.54, 1.807) is 12.5 Å². The molecule has 1 aromatic carbocycles. The second-order valence-electron chi connectivity index (χ2n) is 4.26. The highest BCUT2D eigenvalue weighted by Crippen LogP contribution is 2.22. The van der Waals surface area contributed by atoms with E-state index in [0.717, 1.165) is 22.8 Å². The molecule has 5 nitrogen and oxygen atoms in total. The molecule has 0 atom stereocenters. The highest BCUT2D eigenvalue weighted by atomic mass is 16.3. The number of para-hydroxylation sites is 1. The first-order chi connectivity index (χ1) is 9.31. The third-order valence-electron chi connectivity index (χ3n) is 3.07. The molecule has 5 heteroatoms. The van der Waals surface area contributed by atoms with Gasteiger partial charge in [-0.3, -0.25) is 4.57 Å². The molecular weight excluding hydrogens is 240 g/mol. The van der Waals surface area contributed by atoms with Gasteiger partial charge in [-0.25, -0.2) is 9.67 Å². The van der Waals surface area contributed by atoms with Gasteiger partial charge in [0.1, 0.15) is 12.1 Å². The van der Waals surface area contributed by atoms with Gasteiger partial charge in [0.15, 0.2) is 0 Å². The predicted molar refractivity (Wildman–Crippen MR) is 71.3 cm³/mol. The molecule has 2 aromatic heterocycles. The Morgan fingerprint density at radius 1 is 1.21 bits per heavy atom. The fraction of sp³-hybridized carbons (Fsp3) is 0.143. The molecule has 0 spiro atoms. The molecule has 0 fully saturated rings. The van der Waals surface area contributed by atoms with Gasteiger partial charge >= 0.3 is 0 Å². The van der Waals surface area contributed by atoms with Gasteiger partial charge in [0, 0.05) is 18.0 Å². The highest BCUT2D eigenvalue weighted by molar-refractivity contribution is 5.45. The Bertz CT molecular complexity index is 671. The maximum atomic E-state index is 9.57. The van der Waals surface area contributed by atoms with E-state index in [1.165, 1.54) is 0 Å². The molecule has 0 radical (unpaired) electrons. The first kappa shape index (κ1) is 11.7. The van der Waals surface area contributed by atoms with Crippen LogP contribution in [0, 0.1) is 6.92 Å². The Balaban J connectivity index is 2.26. The summed E-state index contributed by atoms with van der Waals surface area (Å²) in [6, 6.07) is 9.84. The molecule has 0 saturated carbocycles. The molecule has 0 amide bonds. The summed E-state index contributed by atoms with van der Waals surface area (Å²) in [4.78, 5) is 4.06. The van der Waals surface area contributed by atoms with Crippen molar-refractivity contribution in [3.8, 4) is 11.5 Å². The molecule has 0 saturated heterocycles. The van der Waals surface area contributed by atoms with Crippen LogP contribution in [0.2, 0.25) is 0 Å². The Morgan fingerprint density at radius 2 is 2.00 bits per heavy atom. The van der Waals surface area contributed by atoms with Gasteiger partial charge in [0.2, 0.25) is 0 Å². The van der Waals surface area contributed by atoms with Gasteiger partial charge in [-0.2, -0.15) is 5.10 Å². The molecule has 1 N–H and O–H groups in total. The molecule has 0 unspecified atom stereocenters. The average molecular weight is 254 g/mol. The first-order valence-electron chi connectivity index (χ1n) is 6.04. The van der Waals surface area contributed by atoms with Crippen molar-refractivity contribution >= 4 is 0 Å². The lowest BCUT2D eigenvalue weighted by Gasteiger charge is -2.09. The fourth-order valence-electron chi connectivity index (χ4n) is 2.13. The number of aromatic nitrogens is 4. The van der Waals surface area contributed by atoms with Crippen LogP contribution in [0.3, 0.4) is 0 Å². The van der Waals surface area contributed by atoms with E-state index in [1.807, 2.05) is 52.7 Å². The lowest BCUT2D eigenvalue weighted by molar-refractivity contribution is 0.280. The highest BCUT2D eigenvalue weighted by Gasteiger charge is 2.16. The van der Waals surface area contributed by atoms with Gasteiger partial charge < -0.3 is 5.11 Å². The molecule has 3 rings (SSSR count). The molecular formula is C14H14N4O. The third-order valence-corrected chi connectivity index (χ3v) is 3.07. The lowest BCUT2D eigenvalue weighted by atomic mass is 10.2. The predicted octanol–water partition coefficient (Wildman–Crippen LogP) is 1.86. The van der Waals surface area contributed by atoms with Crippen LogP contribution in [0.5, 0.6) is 0 Å². The number of aliphatic hydroxyl groups is 1. The van der Waals surface area contributed by atoms with Gasteiger partial charge in [-0.15, -0.1) is 0 Å². The summed E-state index contributed by atoms with van der Waals surface area (Å²) in [5.74, 6) is 0.823. The zero-order chi connectivity index (χ0) is 13.2. The number of benzene rings is 1. The van der Waals surface area contributed by atoms with Crippen molar-refractivity contribution in [3.63, 3.8) is 0 Å². The molecule has 19 heavy (non-hydrogen) atoms. The number of imidazole rings is 1. The number of nitrogens with zero attached hydrogens (tertiary/aromatic N) is 4. The van der Waals surface area contributed by atoms with Crippen LogP contribution >= 0.6 is 0 Å². The second-order valence-corrected chi connectivity index (χ2v) is 4.26. The zero-order valence-corrected chi connectivity index (χ0v) is 10.6. The van der Waals surface area contributed by atoms with Crippen LogP contribution in [-0.2, 0) is 6.61 Å². The summed E-state index contributed by atoms with van der Waals surface area (Å²) in [5.41, 5.74) is 2.57. The van der Waals surface area contributed by atoms with Crippen molar-refractivity contribution in [2.45, 2.75) is 13.5 Å². The van der Waals surface area contributed by atoms with E-state index in [0.29, 0.717) is 0 Å². The van der Waals surface area contributed by atoms with Crippen LogP contribution in [0.15, 0.2) is 49.1 Å². The van der Waals surface area contributed by atoms with E-state index in [-0.39, 0.29) is 6.61 Å². The lowest BCUT2D eigenvalue weighted by Crippen LogP contribution is -2.05. The van der Waals surface area contributed by atoms with Crippen LogP contribution in [0.25, 0.3) is 11.5 Å². The monoisotopic (exact) mass is 254 g/mol. The number of hydrogen-bond acceptors (Lipinski definition) is 3. The maximum Gasteiger partial charge on any atom is 0.147 e. The molecule has 0 bridgehead atoms. The molecule has 3 aromatic rings. The van der Waals surface area contributed by atoms with Crippen molar-refractivity contribution in [2.24, 2.45) is 0 Å². The SMILES string of the molecule is Cc1nn(-c2ccccc2)c(-n2ccnc2)c1CO. The fourth-order valence-corrected chi connectivity index (χ4v) is 2.13. The normalized spacial score (nSPS) is 10.8. The summed E-state index contributed by atoms with van der Waals surface area (Å²) in [5, 5.41) is 14.1. The van der Waals surface area contributed by atoms with E-state index in [2.05, 4.69) is 10.1 Å². The summed E-state index contributed by atoms with van der Waals surface area (Å²) >= 11 is 0. The summed E-state index contributed by atoms with van der Waals surface area (Å²) < 4.78 is 3.68. The Morgan fingerprint density at radius 3 is 2.63 bits per heavy atom. The molecule has 0 aliphatic carbocycles. The number of hydrogen-bond donors (Lipinski definition) is 1. The van der Waals surface area contributed by atoms with Crippen LogP contribution < -0.4 is 0 Å². The largest absolute Gasteiger partial charge is 0.391 e. The minimum atomic E-state index is -0.0494. The van der Waals surface area contributed by atoms with Crippen LogP contribution in [0.1, 0.15) is 11.3 Å². The first-order valence-corrected chi connectivity index (χ1v) is 6.04. The topological polar surface area (TPSA) is 55.9 Å². The van der Waals surface area contributed by atoms with E-state index >= 15 is 0 Å². The number of aliphatic hydroxyl groups excluding tert-OH is 1. The summed E-state index contributed by atoms with van der Waals surface area (Å²) in [6.45, 7) is 1.84. The molecule has 96 valence electrons. The van der Waals surface area contributed by atoms with Crippen molar-refractivity contribution < 1.29 is 5.11 Å². The van der Waals surface area contributed by atoms with Crippen molar-refractivity contribution in [3.05, 3.63) is 60.3 Å². The molecule has 0 aliphatic heterocycles. The smallest absolute Gasteiger partial charge is 0.147 e. The molecule has 0 aliphatic rings.